The molecule has 2 aromatic heterocycles. The molecule has 162 valence electrons. The Morgan fingerprint density at radius 3 is 2.41 bits per heavy atom. The van der Waals surface area contributed by atoms with Gasteiger partial charge in [0.25, 0.3) is 5.56 Å². The fraction of sp³-hybridized carbons (Fsp3) is 0.200. The first-order valence-electron chi connectivity index (χ1n) is 10.3. The summed E-state index contributed by atoms with van der Waals surface area (Å²) in [6.07, 6.45) is 1.50. The molecule has 7 heteroatoms. The van der Waals surface area contributed by atoms with E-state index in [-0.39, 0.29) is 24.5 Å². The average molecular weight is 428 g/mol. The van der Waals surface area contributed by atoms with E-state index in [2.05, 4.69) is 10.3 Å². The summed E-state index contributed by atoms with van der Waals surface area (Å²) in [5.74, 6) is -0.355. The number of nitrogens with zero attached hydrogens (tertiary/aromatic N) is 3. The molecule has 2 heterocycles. The molecule has 0 unspecified atom stereocenters. The van der Waals surface area contributed by atoms with Crippen molar-refractivity contribution in [2.24, 2.45) is 0 Å². The lowest BCUT2D eigenvalue weighted by molar-refractivity contribution is -0.116. The van der Waals surface area contributed by atoms with Gasteiger partial charge in [-0.3, -0.25) is 18.7 Å². The summed E-state index contributed by atoms with van der Waals surface area (Å²) >= 11 is 0. The van der Waals surface area contributed by atoms with Crippen molar-refractivity contribution in [2.75, 3.05) is 5.32 Å². The third-order valence-electron chi connectivity index (χ3n) is 5.42. The molecule has 0 spiro atoms. The van der Waals surface area contributed by atoms with Gasteiger partial charge in [-0.1, -0.05) is 42.0 Å². The largest absolute Gasteiger partial charge is 0.332 e. The molecule has 32 heavy (non-hydrogen) atoms. The molecule has 4 aromatic rings. The zero-order valence-electron chi connectivity index (χ0n) is 18.3. The Morgan fingerprint density at radius 1 is 0.938 bits per heavy atom. The SMILES string of the molecule is Cc1ccc(Cn2c(=O)c3ncccc3n(CC(=O)Nc3cc(C)ccc3C)c2=O)cc1. The summed E-state index contributed by atoms with van der Waals surface area (Å²) in [7, 11) is 0. The maximum absolute atomic E-state index is 13.3. The number of aryl methyl sites for hydroxylation is 3. The Labute approximate surface area is 185 Å². The van der Waals surface area contributed by atoms with Gasteiger partial charge in [-0.05, 0) is 55.7 Å². The zero-order chi connectivity index (χ0) is 22.8. The number of nitrogens with one attached hydrogen (secondary N) is 1. The van der Waals surface area contributed by atoms with Gasteiger partial charge in [0.1, 0.15) is 6.54 Å². The van der Waals surface area contributed by atoms with Crippen molar-refractivity contribution < 1.29 is 4.79 Å². The van der Waals surface area contributed by atoms with Crippen molar-refractivity contribution in [3.63, 3.8) is 0 Å². The second-order valence-corrected chi connectivity index (χ2v) is 7.98. The van der Waals surface area contributed by atoms with Crippen LogP contribution in [0.25, 0.3) is 11.0 Å². The van der Waals surface area contributed by atoms with Gasteiger partial charge >= 0.3 is 5.69 Å². The average Bonchev–Trinajstić information content (AvgIpc) is 2.78. The van der Waals surface area contributed by atoms with Gasteiger partial charge in [0.15, 0.2) is 5.52 Å². The highest BCUT2D eigenvalue weighted by atomic mass is 16.2. The quantitative estimate of drug-likeness (QED) is 0.529. The van der Waals surface area contributed by atoms with Crippen molar-refractivity contribution in [3.8, 4) is 0 Å². The molecule has 4 rings (SSSR count). The molecular formula is C25H24N4O3. The third-order valence-corrected chi connectivity index (χ3v) is 5.42. The minimum Gasteiger partial charge on any atom is -0.324 e. The van der Waals surface area contributed by atoms with Crippen LogP contribution in [0.2, 0.25) is 0 Å². The molecular weight excluding hydrogens is 404 g/mol. The fourth-order valence-electron chi connectivity index (χ4n) is 3.62. The van der Waals surface area contributed by atoms with E-state index in [4.69, 9.17) is 0 Å². The van der Waals surface area contributed by atoms with Gasteiger partial charge < -0.3 is 5.32 Å². The van der Waals surface area contributed by atoms with Crippen LogP contribution in [0.3, 0.4) is 0 Å². The lowest BCUT2D eigenvalue weighted by Gasteiger charge is -2.15. The first kappa shape index (κ1) is 21.2. The van der Waals surface area contributed by atoms with E-state index in [9.17, 15) is 14.4 Å². The Hall–Kier alpha value is -4.00. The van der Waals surface area contributed by atoms with Gasteiger partial charge in [0.2, 0.25) is 5.91 Å². The summed E-state index contributed by atoms with van der Waals surface area (Å²) in [6, 6.07) is 16.7. The number of anilines is 1. The number of rotatable bonds is 5. The Morgan fingerprint density at radius 2 is 1.66 bits per heavy atom. The molecule has 1 amide bonds. The summed E-state index contributed by atoms with van der Waals surface area (Å²) in [5.41, 5.74) is 4.00. The van der Waals surface area contributed by atoms with Crippen LogP contribution < -0.4 is 16.6 Å². The highest BCUT2D eigenvalue weighted by molar-refractivity contribution is 5.92. The lowest BCUT2D eigenvalue weighted by Crippen LogP contribution is -2.42. The first-order chi connectivity index (χ1) is 15.3. The van der Waals surface area contributed by atoms with Crippen molar-refractivity contribution in [3.05, 3.63) is 104 Å². The van der Waals surface area contributed by atoms with Crippen LogP contribution >= 0.6 is 0 Å². The number of pyridine rings is 1. The molecule has 0 aliphatic carbocycles. The summed E-state index contributed by atoms with van der Waals surface area (Å²) in [5, 5.41) is 2.87. The van der Waals surface area contributed by atoms with Crippen LogP contribution in [0.1, 0.15) is 22.3 Å². The predicted octanol–water partition coefficient (Wildman–Crippen LogP) is 3.17. The standard InChI is InChI=1S/C25H24N4O3/c1-16-7-10-19(11-8-16)14-29-24(31)23-21(5-4-12-26-23)28(25(29)32)15-22(30)27-20-13-17(2)6-9-18(20)3/h4-13H,14-15H2,1-3H3,(H,27,30). The van der Waals surface area contributed by atoms with Crippen molar-refractivity contribution in [2.45, 2.75) is 33.9 Å². The summed E-state index contributed by atoms with van der Waals surface area (Å²) < 4.78 is 2.43. The smallest absolute Gasteiger partial charge is 0.324 e. The van der Waals surface area contributed by atoms with Crippen LogP contribution in [0.15, 0.2) is 70.4 Å². The van der Waals surface area contributed by atoms with E-state index < -0.39 is 11.2 Å². The number of carbonyl (C=O) groups is 1. The van der Waals surface area contributed by atoms with Crippen molar-refractivity contribution in [1.82, 2.24) is 14.1 Å². The minimum absolute atomic E-state index is 0.100. The van der Waals surface area contributed by atoms with Crippen molar-refractivity contribution >= 4 is 22.6 Å². The second kappa shape index (κ2) is 8.63. The Kier molecular flexibility index (Phi) is 5.73. The Bertz CT molecular complexity index is 1430. The molecule has 0 aliphatic heterocycles. The van der Waals surface area contributed by atoms with Crippen LogP contribution in [0.4, 0.5) is 5.69 Å². The number of benzene rings is 2. The van der Waals surface area contributed by atoms with Crippen LogP contribution in [-0.2, 0) is 17.9 Å². The lowest BCUT2D eigenvalue weighted by atomic mass is 10.1. The first-order valence-corrected chi connectivity index (χ1v) is 10.3. The monoisotopic (exact) mass is 428 g/mol. The van der Waals surface area contributed by atoms with E-state index >= 15 is 0 Å². The van der Waals surface area contributed by atoms with Gasteiger partial charge in [-0.2, -0.15) is 0 Å². The van der Waals surface area contributed by atoms with Gasteiger partial charge in [-0.15, -0.1) is 0 Å². The number of amides is 1. The molecule has 0 atom stereocenters. The number of hydrogen-bond acceptors (Lipinski definition) is 4. The molecule has 0 bridgehead atoms. The molecule has 0 radical (unpaired) electrons. The van der Waals surface area contributed by atoms with Gasteiger partial charge in [0, 0.05) is 11.9 Å². The molecule has 7 nitrogen and oxygen atoms in total. The van der Waals surface area contributed by atoms with E-state index in [0.29, 0.717) is 11.2 Å². The predicted molar refractivity (Wildman–Crippen MR) is 125 cm³/mol. The Balaban J connectivity index is 1.75. The molecule has 0 aliphatic rings. The number of hydrogen-bond donors (Lipinski definition) is 1. The van der Waals surface area contributed by atoms with E-state index in [0.717, 1.165) is 26.8 Å². The molecule has 1 N–H and O–H groups in total. The highest BCUT2D eigenvalue weighted by Gasteiger charge is 2.17. The van der Waals surface area contributed by atoms with E-state index in [1.54, 1.807) is 12.1 Å². The third kappa shape index (κ3) is 4.23. The summed E-state index contributed by atoms with van der Waals surface area (Å²) in [6.45, 7) is 5.69. The minimum atomic E-state index is -0.549. The maximum Gasteiger partial charge on any atom is 0.332 e. The zero-order valence-corrected chi connectivity index (χ0v) is 18.3. The van der Waals surface area contributed by atoms with Gasteiger partial charge in [-0.25, -0.2) is 9.78 Å². The topological polar surface area (TPSA) is 86.0 Å². The molecule has 2 aromatic carbocycles. The summed E-state index contributed by atoms with van der Waals surface area (Å²) in [4.78, 5) is 43.4. The van der Waals surface area contributed by atoms with Crippen LogP contribution in [0, 0.1) is 20.8 Å². The molecule has 0 fully saturated rings. The maximum atomic E-state index is 13.3. The molecule has 0 saturated carbocycles. The fourth-order valence-corrected chi connectivity index (χ4v) is 3.62. The van der Waals surface area contributed by atoms with Gasteiger partial charge in [0.05, 0.1) is 12.1 Å². The normalized spacial score (nSPS) is 11.0. The second-order valence-electron chi connectivity index (χ2n) is 7.98. The number of aromatic nitrogens is 3. The van der Waals surface area contributed by atoms with E-state index in [1.165, 1.54) is 10.8 Å². The van der Waals surface area contributed by atoms with Crippen LogP contribution in [-0.4, -0.2) is 20.0 Å². The van der Waals surface area contributed by atoms with E-state index in [1.807, 2.05) is 63.2 Å². The molecule has 0 saturated heterocycles. The highest BCUT2D eigenvalue weighted by Crippen LogP contribution is 2.16. The van der Waals surface area contributed by atoms with Crippen molar-refractivity contribution in [1.29, 1.82) is 0 Å². The number of carbonyl (C=O) groups excluding carboxylic acids is 1. The number of fused-ring (bicyclic) bond motifs is 1. The van der Waals surface area contributed by atoms with Crippen LogP contribution in [0.5, 0.6) is 0 Å².